The number of sulfone groups is 1. The predicted molar refractivity (Wildman–Crippen MR) is 77.2 cm³/mol. The Morgan fingerprint density at radius 3 is 2.47 bits per heavy atom. The Morgan fingerprint density at radius 2 is 1.89 bits per heavy atom. The van der Waals surface area contributed by atoms with Crippen LogP contribution in [0.5, 0.6) is 0 Å². The highest BCUT2D eigenvalue weighted by Crippen LogP contribution is 2.22. The number of hydrogen-bond acceptors (Lipinski definition) is 4. The molecule has 0 amide bonds. The molecule has 6 heteroatoms. The minimum atomic E-state index is -3.56. The number of aliphatic hydroxyl groups excluding tert-OH is 1. The Morgan fingerprint density at radius 1 is 1.26 bits per heavy atom. The van der Waals surface area contributed by atoms with Crippen LogP contribution in [-0.4, -0.2) is 38.5 Å². The molecule has 19 heavy (non-hydrogen) atoms. The van der Waals surface area contributed by atoms with Crippen LogP contribution >= 0.6 is 11.6 Å². The molecule has 1 atom stereocenters. The first-order chi connectivity index (χ1) is 8.83. The van der Waals surface area contributed by atoms with Gasteiger partial charge in [0.2, 0.25) is 0 Å². The molecule has 2 N–H and O–H groups in total. The lowest BCUT2D eigenvalue weighted by Crippen LogP contribution is -2.34. The van der Waals surface area contributed by atoms with Crippen molar-refractivity contribution < 1.29 is 13.5 Å². The Kier molecular flexibility index (Phi) is 6.26. The van der Waals surface area contributed by atoms with Gasteiger partial charge in [0.05, 0.1) is 21.8 Å². The molecule has 0 heterocycles. The van der Waals surface area contributed by atoms with Crippen LogP contribution in [0.15, 0.2) is 29.2 Å². The van der Waals surface area contributed by atoms with Crippen molar-refractivity contribution in [3.8, 4) is 0 Å². The minimum absolute atomic E-state index is 0.0691. The molecule has 1 unspecified atom stereocenters. The summed E-state index contributed by atoms with van der Waals surface area (Å²) < 4.78 is 24.2. The molecule has 1 rings (SSSR count). The van der Waals surface area contributed by atoms with Gasteiger partial charge in [-0.3, -0.25) is 0 Å². The summed E-state index contributed by atoms with van der Waals surface area (Å²) in [5, 5.41) is 13.0. The Labute approximate surface area is 119 Å². The Hall–Kier alpha value is -0.620. The molecule has 0 saturated heterocycles. The second-order valence-corrected chi connectivity index (χ2v) is 7.33. The van der Waals surface area contributed by atoms with E-state index >= 15 is 0 Å². The van der Waals surface area contributed by atoms with Crippen molar-refractivity contribution >= 4 is 21.4 Å². The van der Waals surface area contributed by atoms with Crippen LogP contribution in [0.3, 0.4) is 0 Å². The van der Waals surface area contributed by atoms with Gasteiger partial charge in [-0.15, -0.1) is 0 Å². The van der Waals surface area contributed by atoms with E-state index in [0.717, 1.165) is 6.54 Å². The molecule has 0 bridgehead atoms. The lowest BCUT2D eigenvalue weighted by molar-refractivity contribution is 0.192. The zero-order valence-corrected chi connectivity index (χ0v) is 12.7. The van der Waals surface area contributed by atoms with Crippen molar-refractivity contribution in [2.24, 2.45) is 5.92 Å². The van der Waals surface area contributed by atoms with E-state index in [1.807, 2.05) is 13.8 Å². The van der Waals surface area contributed by atoms with Gasteiger partial charge in [0.15, 0.2) is 9.84 Å². The molecule has 1 aromatic carbocycles. The average molecular weight is 306 g/mol. The SMILES string of the molecule is CC(C)CNCC(O)CS(=O)(=O)c1ccccc1Cl. The second kappa shape index (κ2) is 7.24. The molecule has 0 spiro atoms. The first-order valence-electron chi connectivity index (χ1n) is 6.19. The molecule has 108 valence electrons. The van der Waals surface area contributed by atoms with E-state index < -0.39 is 15.9 Å². The van der Waals surface area contributed by atoms with Crippen molar-refractivity contribution in [1.29, 1.82) is 0 Å². The zero-order chi connectivity index (χ0) is 14.5. The molecular weight excluding hydrogens is 286 g/mol. The summed E-state index contributed by atoms with van der Waals surface area (Å²) in [4.78, 5) is 0.0691. The summed E-state index contributed by atoms with van der Waals surface area (Å²) in [6.45, 7) is 5.07. The highest BCUT2D eigenvalue weighted by atomic mass is 35.5. The van der Waals surface area contributed by atoms with E-state index in [4.69, 9.17) is 11.6 Å². The zero-order valence-electron chi connectivity index (χ0n) is 11.1. The number of benzene rings is 1. The van der Waals surface area contributed by atoms with Crippen LogP contribution in [0.25, 0.3) is 0 Å². The highest BCUT2D eigenvalue weighted by molar-refractivity contribution is 7.91. The molecule has 0 aromatic heterocycles. The smallest absolute Gasteiger partial charge is 0.182 e. The number of nitrogens with one attached hydrogen (secondary N) is 1. The van der Waals surface area contributed by atoms with E-state index in [1.54, 1.807) is 12.1 Å². The van der Waals surface area contributed by atoms with Gasteiger partial charge in [-0.1, -0.05) is 37.6 Å². The van der Waals surface area contributed by atoms with Gasteiger partial charge < -0.3 is 10.4 Å². The van der Waals surface area contributed by atoms with E-state index in [2.05, 4.69) is 5.32 Å². The fourth-order valence-corrected chi connectivity index (χ4v) is 3.58. The third-order valence-electron chi connectivity index (χ3n) is 2.52. The van der Waals surface area contributed by atoms with Crippen LogP contribution in [-0.2, 0) is 9.84 Å². The predicted octanol–water partition coefficient (Wildman–Crippen LogP) is 1.72. The van der Waals surface area contributed by atoms with Crippen LogP contribution in [0.4, 0.5) is 0 Å². The summed E-state index contributed by atoms with van der Waals surface area (Å²) in [5.74, 6) is 0.120. The standard InChI is InChI=1S/C13H20ClNO3S/c1-10(2)7-15-8-11(16)9-19(17,18)13-6-4-3-5-12(13)14/h3-6,10-11,15-16H,7-9H2,1-2H3. The van der Waals surface area contributed by atoms with Crippen molar-refractivity contribution in [1.82, 2.24) is 5.32 Å². The summed E-state index contributed by atoms with van der Waals surface area (Å²) in [6.07, 6.45) is -0.944. The maximum atomic E-state index is 12.1. The fourth-order valence-electron chi connectivity index (χ4n) is 1.64. The van der Waals surface area contributed by atoms with E-state index in [1.165, 1.54) is 12.1 Å². The third-order valence-corrected chi connectivity index (χ3v) is 4.81. The van der Waals surface area contributed by atoms with E-state index in [-0.39, 0.29) is 22.2 Å². The van der Waals surface area contributed by atoms with Crippen LogP contribution in [0.2, 0.25) is 5.02 Å². The van der Waals surface area contributed by atoms with Gasteiger partial charge in [0, 0.05) is 6.54 Å². The highest BCUT2D eigenvalue weighted by Gasteiger charge is 2.21. The summed E-state index contributed by atoms with van der Waals surface area (Å²) in [5.41, 5.74) is 0. The van der Waals surface area contributed by atoms with Crippen LogP contribution in [0, 0.1) is 5.92 Å². The second-order valence-electron chi connectivity index (χ2n) is 4.92. The fraction of sp³-hybridized carbons (Fsp3) is 0.538. The maximum absolute atomic E-state index is 12.1. The molecule has 0 aliphatic rings. The molecule has 0 aliphatic heterocycles. The van der Waals surface area contributed by atoms with Crippen LogP contribution < -0.4 is 5.32 Å². The Bertz CT molecular complexity index is 502. The monoisotopic (exact) mass is 305 g/mol. The summed E-state index contributed by atoms with van der Waals surface area (Å²) >= 11 is 5.86. The van der Waals surface area contributed by atoms with Gasteiger partial charge in [0.1, 0.15) is 0 Å². The minimum Gasteiger partial charge on any atom is -0.391 e. The van der Waals surface area contributed by atoms with Crippen molar-refractivity contribution in [3.05, 3.63) is 29.3 Å². The van der Waals surface area contributed by atoms with Gasteiger partial charge in [-0.25, -0.2) is 8.42 Å². The third kappa shape index (κ3) is 5.48. The number of hydrogen-bond donors (Lipinski definition) is 2. The number of rotatable bonds is 7. The largest absolute Gasteiger partial charge is 0.391 e. The molecule has 1 aromatic rings. The molecule has 4 nitrogen and oxygen atoms in total. The topological polar surface area (TPSA) is 66.4 Å². The summed E-state index contributed by atoms with van der Waals surface area (Å²) in [6, 6.07) is 6.26. The first-order valence-corrected chi connectivity index (χ1v) is 8.22. The molecule has 0 saturated carbocycles. The van der Waals surface area contributed by atoms with E-state index in [0.29, 0.717) is 5.92 Å². The quantitative estimate of drug-likeness (QED) is 0.805. The van der Waals surface area contributed by atoms with Gasteiger partial charge in [-0.05, 0) is 24.6 Å². The van der Waals surface area contributed by atoms with Gasteiger partial charge in [-0.2, -0.15) is 0 Å². The molecular formula is C13H20ClNO3S. The number of aliphatic hydroxyl groups is 1. The molecule has 0 radical (unpaired) electrons. The van der Waals surface area contributed by atoms with E-state index in [9.17, 15) is 13.5 Å². The number of halogens is 1. The average Bonchev–Trinajstić information content (AvgIpc) is 2.27. The summed E-state index contributed by atoms with van der Waals surface area (Å²) in [7, 11) is -3.56. The van der Waals surface area contributed by atoms with Crippen molar-refractivity contribution in [2.75, 3.05) is 18.8 Å². The molecule has 0 fully saturated rings. The maximum Gasteiger partial charge on any atom is 0.182 e. The lowest BCUT2D eigenvalue weighted by atomic mass is 10.2. The lowest BCUT2D eigenvalue weighted by Gasteiger charge is -2.14. The normalized spacial score (nSPS) is 13.7. The van der Waals surface area contributed by atoms with Gasteiger partial charge >= 0.3 is 0 Å². The molecule has 0 aliphatic carbocycles. The van der Waals surface area contributed by atoms with Crippen LogP contribution in [0.1, 0.15) is 13.8 Å². The Balaban J connectivity index is 2.63. The van der Waals surface area contributed by atoms with Crippen molar-refractivity contribution in [2.45, 2.75) is 24.8 Å². The first kappa shape index (κ1) is 16.4. The van der Waals surface area contributed by atoms with Gasteiger partial charge in [0.25, 0.3) is 0 Å². The van der Waals surface area contributed by atoms with Crippen molar-refractivity contribution in [3.63, 3.8) is 0 Å².